The van der Waals surface area contributed by atoms with E-state index >= 15 is 0 Å². The van der Waals surface area contributed by atoms with Crippen LogP contribution in [0.1, 0.15) is 54.3 Å². The summed E-state index contributed by atoms with van der Waals surface area (Å²) < 4.78 is 26.6. The maximum Gasteiger partial charge on any atom is 0.269 e. The molecule has 0 saturated carbocycles. The standard InChI is InChI=1S/C23H30N4O4S/c1-4-27(17(2)3)20-11-7-18(8-12-20)22(28)24-25-23(29)19-9-13-21(14-10-19)32(30,31)26-15-5-6-16-26/h7-14,17H,4-6,15-16H2,1-3H3,(H,24,28)(H,25,29). The van der Waals surface area contributed by atoms with E-state index in [1.54, 1.807) is 12.1 Å². The van der Waals surface area contributed by atoms with Gasteiger partial charge in [0.25, 0.3) is 11.8 Å². The van der Waals surface area contributed by atoms with Crippen molar-refractivity contribution in [1.29, 1.82) is 0 Å². The third-order valence-corrected chi connectivity index (χ3v) is 7.45. The number of carbonyl (C=O) groups is 2. The van der Waals surface area contributed by atoms with Crippen molar-refractivity contribution in [2.24, 2.45) is 0 Å². The first-order valence-electron chi connectivity index (χ1n) is 10.8. The Balaban J connectivity index is 1.59. The molecule has 0 aliphatic carbocycles. The predicted molar refractivity (Wildman–Crippen MR) is 124 cm³/mol. The van der Waals surface area contributed by atoms with Crippen molar-refractivity contribution in [3.63, 3.8) is 0 Å². The van der Waals surface area contributed by atoms with E-state index < -0.39 is 21.8 Å². The first-order valence-corrected chi connectivity index (χ1v) is 12.3. The van der Waals surface area contributed by atoms with Crippen molar-refractivity contribution < 1.29 is 18.0 Å². The third kappa shape index (κ3) is 5.28. The van der Waals surface area contributed by atoms with Crippen LogP contribution in [-0.2, 0) is 10.0 Å². The van der Waals surface area contributed by atoms with Gasteiger partial charge in [-0.1, -0.05) is 0 Å². The van der Waals surface area contributed by atoms with Gasteiger partial charge >= 0.3 is 0 Å². The Labute approximate surface area is 189 Å². The molecular formula is C23H30N4O4S. The number of sulfonamides is 1. The maximum atomic E-state index is 12.6. The van der Waals surface area contributed by atoms with E-state index in [9.17, 15) is 18.0 Å². The van der Waals surface area contributed by atoms with E-state index in [1.165, 1.54) is 28.6 Å². The highest BCUT2D eigenvalue weighted by Crippen LogP contribution is 2.21. The molecule has 2 aromatic rings. The number of hydrogen-bond donors (Lipinski definition) is 2. The van der Waals surface area contributed by atoms with Crippen LogP contribution in [0.25, 0.3) is 0 Å². The number of nitrogens with zero attached hydrogens (tertiary/aromatic N) is 2. The summed E-state index contributed by atoms with van der Waals surface area (Å²) in [5.74, 6) is -0.970. The van der Waals surface area contributed by atoms with Crippen molar-refractivity contribution in [2.75, 3.05) is 24.5 Å². The summed E-state index contributed by atoms with van der Waals surface area (Å²) in [6.07, 6.45) is 1.72. The van der Waals surface area contributed by atoms with Gasteiger partial charge in [-0.2, -0.15) is 4.31 Å². The number of hydrogen-bond acceptors (Lipinski definition) is 5. The van der Waals surface area contributed by atoms with Crippen LogP contribution in [-0.4, -0.2) is 50.2 Å². The van der Waals surface area contributed by atoms with E-state index in [4.69, 9.17) is 0 Å². The van der Waals surface area contributed by atoms with Crippen LogP contribution in [0.15, 0.2) is 53.4 Å². The Morgan fingerprint density at radius 3 is 1.81 bits per heavy atom. The van der Waals surface area contributed by atoms with Crippen LogP contribution in [0, 0.1) is 0 Å². The summed E-state index contributed by atoms with van der Waals surface area (Å²) in [5, 5.41) is 0. The van der Waals surface area contributed by atoms with Gasteiger partial charge in [0.15, 0.2) is 0 Å². The highest BCUT2D eigenvalue weighted by Gasteiger charge is 2.27. The summed E-state index contributed by atoms with van der Waals surface area (Å²) in [6.45, 7) is 8.18. The molecule has 2 amide bonds. The second-order valence-electron chi connectivity index (χ2n) is 7.97. The number of benzene rings is 2. The Morgan fingerprint density at radius 2 is 1.38 bits per heavy atom. The molecule has 0 unspecified atom stereocenters. The zero-order valence-electron chi connectivity index (χ0n) is 18.7. The summed E-state index contributed by atoms with van der Waals surface area (Å²) in [6, 6.07) is 13.2. The monoisotopic (exact) mass is 458 g/mol. The molecule has 3 rings (SSSR count). The zero-order chi connectivity index (χ0) is 23.3. The van der Waals surface area contributed by atoms with Crippen molar-refractivity contribution in [2.45, 2.75) is 44.6 Å². The predicted octanol–water partition coefficient (Wildman–Crippen LogP) is 2.78. The second-order valence-corrected chi connectivity index (χ2v) is 9.91. The molecule has 1 saturated heterocycles. The van der Waals surface area contributed by atoms with Crippen LogP contribution < -0.4 is 15.8 Å². The molecule has 2 N–H and O–H groups in total. The fourth-order valence-corrected chi connectivity index (χ4v) is 5.28. The molecule has 0 atom stereocenters. The van der Waals surface area contributed by atoms with Gasteiger partial charge < -0.3 is 4.90 Å². The molecule has 9 heteroatoms. The van der Waals surface area contributed by atoms with Crippen LogP contribution in [0.3, 0.4) is 0 Å². The molecule has 172 valence electrons. The minimum atomic E-state index is -3.53. The minimum absolute atomic E-state index is 0.155. The molecule has 0 aromatic heterocycles. The zero-order valence-corrected chi connectivity index (χ0v) is 19.5. The average Bonchev–Trinajstić information content (AvgIpc) is 3.34. The first kappa shape index (κ1) is 23.7. The van der Waals surface area contributed by atoms with Crippen LogP contribution >= 0.6 is 0 Å². The van der Waals surface area contributed by atoms with E-state index in [1.807, 2.05) is 12.1 Å². The quantitative estimate of drug-likeness (QED) is 0.622. The lowest BCUT2D eigenvalue weighted by molar-refractivity contribution is 0.0846. The Bertz CT molecular complexity index is 1040. The smallest absolute Gasteiger partial charge is 0.269 e. The van der Waals surface area contributed by atoms with Crippen molar-refractivity contribution >= 4 is 27.5 Å². The SMILES string of the molecule is CCN(c1ccc(C(=O)NNC(=O)c2ccc(S(=O)(=O)N3CCCC3)cc2)cc1)C(C)C. The van der Waals surface area contributed by atoms with Gasteiger partial charge in [-0.25, -0.2) is 8.42 Å². The number of amides is 2. The molecule has 2 aromatic carbocycles. The van der Waals surface area contributed by atoms with Gasteiger partial charge in [0.2, 0.25) is 10.0 Å². The van der Waals surface area contributed by atoms with Gasteiger partial charge in [0.05, 0.1) is 4.90 Å². The van der Waals surface area contributed by atoms with Gasteiger partial charge in [-0.15, -0.1) is 0 Å². The van der Waals surface area contributed by atoms with Crippen LogP contribution in [0.2, 0.25) is 0 Å². The molecule has 8 nitrogen and oxygen atoms in total. The van der Waals surface area contributed by atoms with Crippen molar-refractivity contribution in [1.82, 2.24) is 15.2 Å². The molecule has 1 fully saturated rings. The summed E-state index contributed by atoms with van der Waals surface area (Å²) >= 11 is 0. The highest BCUT2D eigenvalue weighted by molar-refractivity contribution is 7.89. The number of nitrogens with one attached hydrogen (secondary N) is 2. The Hall–Kier alpha value is -2.91. The fourth-order valence-electron chi connectivity index (χ4n) is 3.76. The molecule has 1 heterocycles. The molecular weight excluding hydrogens is 428 g/mol. The Kier molecular flexibility index (Phi) is 7.52. The summed E-state index contributed by atoms with van der Waals surface area (Å²) in [7, 11) is -3.53. The van der Waals surface area contributed by atoms with E-state index in [0.29, 0.717) is 24.7 Å². The molecule has 0 bridgehead atoms. The van der Waals surface area contributed by atoms with Crippen molar-refractivity contribution in [3.05, 3.63) is 59.7 Å². The van der Waals surface area contributed by atoms with E-state index in [0.717, 1.165) is 25.1 Å². The van der Waals surface area contributed by atoms with Crippen LogP contribution in [0.5, 0.6) is 0 Å². The number of carbonyl (C=O) groups excluding carboxylic acids is 2. The molecule has 32 heavy (non-hydrogen) atoms. The average molecular weight is 459 g/mol. The van der Waals surface area contributed by atoms with Crippen molar-refractivity contribution in [3.8, 4) is 0 Å². The maximum absolute atomic E-state index is 12.6. The Morgan fingerprint density at radius 1 is 0.906 bits per heavy atom. The molecule has 0 radical (unpaired) electrons. The molecule has 1 aliphatic heterocycles. The first-order chi connectivity index (χ1) is 15.2. The molecule has 0 spiro atoms. The molecule has 1 aliphatic rings. The normalized spacial score (nSPS) is 14.4. The third-order valence-electron chi connectivity index (χ3n) is 5.53. The second kappa shape index (κ2) is 10.1. The largest absolute Gasteiger partial charge is 0.369 e. The summed E-state index contributed by atoms with van der Waals surface area (Å²) in [4.78, 5) is 27.1. The number of rotatable bonds is 7. The summed E-state index contributed by atoms with van der Waals surface area (Å²) in [5.41, 5.74) is 6.45. The lowest BCUT2D eigenvalue weighted by atomic mass is 10.1. The lowest BCUT2D eigenvalue weighted by Gasteiger charge is -2.27. The minimum Gasteiger partial charge on any atom is -0.369 e. The van der Waals surface area contributed by atoms with Gasteiger partial charge in [0.1, 0.15) is 0 Å². The topological polar surface area (TPSA) is 98.8 Å². The number of anilines is 1. The van der Waals surface area contributed by atoms with Gasteiger partial charge in [0, 0.05) is 42.5 Å². The van der Waals surface area contributed by atoms with E-state index in [-0.39, 0.29) is 10.5 Å². The van der Waals surface area contributed by atoms with E-state index in [2.05, 4.69) is 36.5 Å². The van der Waals surface area contributed by atoms with Crippen LogP contribution in [0.4, 0.5) is 5.69 Å². The van der Waals surface area contributed by atoms with Gasteiger partial charge in [-0.3, -0.25) is 20.4 Å². The highest BCUT2D eigenvalue weighted by atomic mass is 32.2. The number of hydrazine groups is 1. The van der Waals surface area contributed by atoms with Gasteiger partial charge in [-0.05, 0) is 82.1 Å². The fraction of sp³-hybridized carbons (Fsp3) is 0.391. The lowest BCUT2D eigenvalue weighted by Crippen LogP contribution is -2.41.